The van der Waals surface area contributed by atoms with Crippen LogP contribution in [0.5, 0.6) is 0 Å². The Hall–Kier alpha value is -0.610. The lowest BCUT2D eigenvalue weighted by Crippen LogP contribution is -2.50. The summed E-state index contributed by atoms with van der Waals surface area (Å²) in [4.78, 5) is 14.0. The number of nitrogens with two attached hydrogens (primary N) is 1. The summed E-state index contributed by atoms with van der Waals surface area (Å²) in [5.41, 5.74) is 5.82. The minimum Gasteiger partial charge on any atom is -0.460 e. The predicted molar refractivity (Wildman–Crippen MR) is 59.8 cm³/mol. The van der Waals surface area contributed by atoms with Gasteiger partial charge in [-0.1, -0.05) is 0 Å². The van der Waals surface area contributed by atoms with Crippen LogP contribution in [0, 0.1) is 5.41 Å². The van der Waals surface area contributed by atoms with Crippen molar-refractivity contribution in [3.63, 3.8) is 0 Å². The summed E-state index contributed by atoms with van der Waals surface area (Å²) < 4.78 is 5.38. The Morgan fingerprint density at radius 1 is 1.44 bits per heavy atom. The van der Waals surface area contributed by atoms with Crippen molar-refractivity contribution < 1.29 is 9.53 Å². The van der Waals surface area contributed by atoms with E-state index in [2.05, 4.69) is 11.9 Å². The maximum Gasteiger partial charge on any atom is 0.306 e. The van der Waals surface area contributed by atoms with Gasteiger partial charge in [-0.25, -0.2) is 0 Å². The molecule has 16 heavy (non-hydrogen) atoms. The Bertz CT molecular complexity index is 304. The molecule has 3 atom stereocenters. The van der Waals surface area contributed by atoms with Crippen LogP contribution >= 0.6 is 0 Å². The van der Waals surface area contributed by atoms with Crippen LogP contribution in [0.1, 0.15) is 32.1 Å². The van der Waals surface area contributed by atoms with E-state index in [-0.39, 0.29) is 17.5 Å². The van der Waals surface area contributed by atoms with Crippen LogP contribution in [0.4, 0.5) is 0 Å². The van der Waals surface area contributed by atoms with Crippen LogP contribution in [-0.2, 0) is 9.53 Å². The summed E-state index contributed by atoms with van der Waals surface area (Å²) in [6.45, 7) is 0.481. The van der Waals surface area contributed by atoms with E-state index < -0.39 is 0 Å². The Labute approximate surface area is 96.1 Å². The average molecular weight is 224 g/mol. The van der Waals surface area contributed by atoms with Crippen molar-refractivity contribution in [3.05, 3.63) is 0 Å². The number of nitrogens with zero attached hydrogens (tertiary/aromatic N) is 1. The monoisotopic (exact) mass is 224 g/mol. The van der Waals surface area contributed by atoms with Crippen molar-refractivity contribution >= 4 is 5.97 Å². The molecular weight excluding hydrogens is 204 g/mol. The molecule has 0 amide bonds. The van der Waals surface area contributed by atoms with E-state index in [9.17, 15) is 4.79 Å². The molecule has 0 aromatic carbocycles. The van der Waals surface area contributed by atoms with E-state index in [0.29, 0.717) is 25.0 Å². The number of piperidine rings is 1. The van der Waals surface area contributed by atoms with E-state index >= 15 is 0 Å². The highest BCUT2D eigenvalue weighted by Gasteiger charge is 2.55. The molecule has 3 aliphatic rings. The summed E-state index contributed by atoms with van der Waals surface area (Å²) >= 11 is 0. The summed E-state index contributed by atoms with van der Waals surface area (Å²) in [7, 11) is 2.21. The summed E-state index contributed by atoms with van der Waals surface area (Å²) in [5.74, 6) is -0.0422. The highest BCUT2D eigenvalue weighted by Crippen LogP contribution is 2.52. The molecule has 0 radical (unpaired) electrons. The summed E-state index contributed by atoms with van der Waals surface area (Å²) in [6.07, 6.45) is 5.29. The van der Waals surface area contributed by atoms with E-state index in [4.69, 9.17) is 10.5 Å². The third kappa shape index (κ3) is 1.32. The molecule has 90 valence electrons. The molecule has 0 saturated carbocycles. The second-order valence-electron chi connectivity index (χ2n) is 5.71. The third-order valence-electron chi connectivity index (χ3n) is 4.94. The molecule has 0 aromatic rings. The van der Waals surface area contributed by atoms with Crippen LogP contribution in [0.15, 0.2) is 0 Å². The SMILES string of the molecule is CN1C2CCC1CC1(CC(=O)OC1CN)C2. The van der Waals surface area contributed by atoms with Gasteiger partial charge < -0.3 is 15.4 Å². The average Bonchev–Trinajstić information content (AvgIpc) is 2.64. The number of cyclic esters (lactones) is 1. The molecule has 3 aliphatic heterocycles. The maximum absolute atomic E-state index is 11.5. The molecule has 2 N–H and O–H groups in total. The van der Waals surface area contributed by atoms with Crippen molar-refractivity contribution in [2.45, 2.75) is 50.3 Å². The highest BCUT2D eigenvalue weighted by atomic mass is 16.6. The standard InChI is InChI=1S/C12H20N2O2/c1-14-8-2-3-9(14)5-12(4-8)6-11(15)16-10(12)7-13/h8-10H,2-7,13H2,1H3. The van der Waals surface area contributed by atoms with E-state index in [1.54, 1.807) is 0 Å². The van der Waals surface area contributed by atoms with Gasteiger partial charge in [0, 0.05) is 24.0 Å². The largest absolute Gasteiger partial charge is 0.460 e. The zero-order valence-electron chi connectivity index (χ0n) is 9.82. The van der Waals surface area contributed by atoms with Crippen molar-refractivity contribution in [2.75, 3.05) is 13.6 Å². The number of rotatable bonds is 1. The quantitative estimate of drug-likeness (QED) is 0.659. The fraction of sp³-hybridized carbons (Fsp3) is 0.917. The van der Waals surface area contributed by atoms with Crippen LogP contribution < -0.4 is 5.73 Å². The maximum atomic E-state index is 11.5. The molecule has 1 spiro atoms. The smallest absolute Gasteiger partial charge is 0.306 e. The molecule has 0 aromatic heterocycles. The lowest BCUT2D eigenvalue weighted by Gasteiger charge is -2.44. The molecule has 2 bridgehead atoms. The second kappa shape index (κ2) is 3.44. The van der Waals surface area contributed by atoms with E-state index in [0.717, 1.165) is 12.8 Å². The third-order valence-corrected chi connectivity index (χ3v) is 4.94. The molecule has 3 rings (SSSR count). The molecule has 3 heterocycles. The molecular formula is C12H20N2O2. The lowest BCUT2D eigenvalue weighted by molar-refractivity contribution is -0.141. The zero-order valence-corrected chi connectivity index (χ0v) is 9.82. The second-order valence-corrected chi connectivity index (χ2v) is 5.71. The van der Waals surface area contributed by atoms with Gasteiger partial charge in [-0.3, -0.25) is 4.79 Å². The molecule has 3 unspecified atom stereocenters. The van der Waals surface area contributed by atoms with Crippen molar-refractivity contribution in [2.24, 2.45) is 11.1 Å². The van der Waals surface area contributed by atoms with Crippen LogP contribution in [0.25, 0.3) is 0 Å². The number of carbonyl (C=O) groups is 1. The first-order valence-electron chi connectivity index (χ1n) is 6.26. The van der Waals surface area contributed by atoms with Gasteiger partial charge in [0.15, 0.2) is 0 Å². The number of esters is 1. The van der Waals surface area contributed by atoms with Gasteiger partial charge in [0.25, 0.3) is 0 Å². The first-order valence-corrected chi connectivity index (χ1v) is 6.26. The number of ether oxygens (including phenoxy) is 1. The molecule has 4 nitrogen and oxygen atoms in total. The van der Waals surface area contributed by atoms with Crippen molar-refractivity contribution in [3.8, 4) is 0 Å². The first kappa shape index (κ1) is 10.5. The summed E-state index contributed by atoms with van der Waals surface area (Å²) in [5, 5.41) is 0. The molecule has 4 heteroatoms. The molecule has 3 fully saturated rings. The molecule has 3 saturated heterocycles. The topological polar surface area (TPSA) is 55.6 Å². The van der Waals surface area contributed by atoms with Crippen LogP contribution in [0.2, 0.25) is 0 Å². The predicted octanol–water partition coefficient (Wildman–Crippen LogP) is 0.504. The van der Waals surface area contributed by atoms with Crippen LogP contribution in [0.3, 0.4) is 0 Å². The lowest BCUT2D eigenvalue weighted by atomic mass is 9.70. The normalized spacial score (nSPS) is 47.6. The number of fused-ring (bicyclic) bond motifs is 2. The Kier molecular flexibility index (Phi) is 2.27. The summed E-state index contributed by atoms with van der Waals surface area (Å²) in [6, 6.07) is 1.28. The van der Waals surface area contributed by atoms with E-state index in [1.165, 1.54) is 12.8 Å². The van der Waals surface area contributed by atoms with Gasteiger partial charge >= 0.3 is 5.97 Å². The highest BCUT2D eigenvalue weighted by molar-refractivity contribution is 5.73. The molecule has 0 aliphatic carbocycles. The first-order chi connectivity index (χ1) is 7.64. The van der Waals surface area contributed by atoms with Gasteiger partial charge in [0.05, 0.1) is 6.42 Å². The number of carbonyl (C=O) groups excluding carboxylic acids is 1. The van der Waals surface area contributed by atoms with Crippen molar-refractivity contribution in [1.82, 2.24) is 4.90 Å². The van der Waals surface area contributed by atoms with Gasteiger partial charge in [0.2, 0.25) is 0 Å². The van der Waals surface area contributed by atoms with E-state index in [1.807, 2.05) is 0 Å². The van der Waals surface area contributed by atoms with Crippen LogP contribution in [-0.4, -0.2) is 42.6 Å². The minimum absolute atomic E-state index is 0.0307. The minimum atomic E-state index is -0.0422. The fourth-order valence-corrected chi connectivity index (χ4v) is 4.04. The Morgan fingerprint density at radius 3 is 2.62 bits per heavy atom. The zero-order chi connectivity index (χ0) is 11.3. The van der Waals surface area contributed by atoms with Gasteiger partial charge in [-0.05, 0) is 32.7 Å². The van der Waals surface area contributed by atoms with Gasteiger partial charge in [0.1, 0.15) is 6.10 Å². The number of hydrogen-bond donors (Lipinski definition) is 1. The Morgan fingerprint density at radius 2 is 2.06 bits per heavy atom. The van der Waals surface area contributed by atoms with Crippen molar-refractivity contribution in [1.29, 1.82) is 0 Å². The number of hydrogen-bond acceptors (Lipinski definition) is 4. The fourth-order valence-electron chi connectivity index (χ4n) is 4.04. The van der Waals surface area contributed by atoms with Gasteiger partial charge in [-0.2, -0.15) is 0 Å². The van der Waals surface area contributed by atoms with Gasteiger partial charge in [-0.15, -0.1) is 0 Å². The Balaban J connectivity index is 1.87.